The van der Waals surface area contributed by atoms with Crippen molar-refractivity contribution in [2.24, 2.45) is 0 Å². The molecule has 1 amide bonds. The molecule has 0 fully saturated rings. The molecule has 0 saturated heterocycles. The lowest BCUT2D eigenvalue weighted by Crippen LogP contribution is -2.37. The van der Waals surface area contributed by atoms with Crippen molar-refractivity contribution in [3.63, 3.8) is 0 Å². The van der Waals surface area contributed by atoms with Gasteiger partial charge in [-0.25, -0.2) is 4.79 Å². The molecule has 0 heterocycles. The first-order chi connectivity index (χ1) is 12.9. The quantitative estimate of drug-likeness (QED) is 0.433. The van der Waals surface area contributed by atoms with Crippen LogP contribution < -0.4 is 10.1 Å². The number of nitrogens with zero attached hydrogens (tertiary/aromatic N) is 1. The molecule has 0 unspecified atom stereocenters. The van der Waals surface area contributed by atoms with Gasteiger partial charge in [-0.05, 0) is 25.0 Å². The summed E-state index contributed by atoms with van der Waals surface area (Å²) in [6, 6.07) is 13.2. The number of benzene rings is 2. The zero-order valence-corrected chi connectivity index (χ0v) is 15.0. The zero-order valence-electron chi connectivity index (χ0n) is 15.0. The highest BCUT2D eigenvalue weighted by Gasteiger charge is 2.23. The van der Waals surface area contributed by atoms with E-state index in [1.54, 1.807) is 0 Å². The van der Waals surface area contributed by atoms with Gasteiger partial charge in [0.15, 0.2) is 6.10 Å². The van der Waals surface area contributed by atoms with Crippen LogP contribution in [0.1, 0.15) is 22.8 Å². The summed E-state index contributed by atoms with van der Waals surface area (Å²) in [5.41, 5.74) is 0.683. The lowest BCUT2D eigenvalue weighted by Gasteiger charge is -2.14. The van der Waals surface area contributed by atoms with E-state index in [-0.39, 0.29) is 17.0 Å². The SMILES string of the molecule is COc1ccc([N+](=O)[O-])cc1C(=O)O[C@@H](C)C(=O)NCCc1ccccc1. The normalized spacial score (nSPS) is 11.3. The first-order valence-electron chi connectivity index (χ1n) is 8.27. The van der Waals surface area contributed by atoms with Crippen LogP contribution in [-0.2, 0) is 16.0 Å². The monoisotopic (exact) mass is 372 g/mol. The average Bonchev–Trinajstić information content (AvgIpc) is 2.67. The number of hydrogen-bond acceptors (Lipinski definition) is 6. The molecule has 1 atom stereocenters. The van der Waals surface area contributed by atoms with E-state index in [9.17, 15) is 19.7 Å². The molecule has 1 N–H and O–H groups in total. The predicted octanol–water partition coefficient (Wildman–Crippen LogP) is 2.51. The van der Waals surface area contributed by atoms with E-state index in [4.69, 9.17) is 9.47 Å². The Bertz CT molecular complexity index is 822. The molecular formula is C19H20N2O6. The number of carbonyl (C=O) groups is 2. The van der Waals surface area contributed by atoms with Crippen molar-refractivity contribution in [2.45, 2.75) is 19.4 Å². The summed E-state index contributed by atoms with van der Waals surface area (Å²) in [4.78, 5) is 34.7. The van der Waals surface area contributed by atoms with Gasteiger partial charge in [-0.2, -0.15) is 0 Å². The second-order valence-electron chi connectivity index (χ2n) is 5.72. The molecule has 2 aromatic rings. The Morgan fingerprint density at radius 3 is 2.52 bits per heavy atom. The summed E-state index contributed by atoms with van der Waals surface area (Å²) in [6.45, 7) is 1.82. The largest absolute Gasteiger partial charge is 0.496 e. The summed E-state index contributed by atoms with van der Waals surface area (Å²) in [5.74, 6) is -1.20. The van der Waals surface area contributed by atoms with Crippen LogP contribution >= 0.6 is 0 Å². The van der Waals surface area contributed by atoms with E-state index < -0.39 is 22.9 Å². The van der Waals surface area contributed by atoms with Crippen molar-refractivity contribution in [1.82, 2.24) is 5.32 Å². The molecule has 0 aliphatic rings. The number of methoxy groups -OCH3 is 1. The van der Waals surface area contributed by atoms with Crippen molar-refractivity contribution in [2.75, 3.05) is 13.7 Å². The van der Waals surface area contributed by atoms with Crippen molar-refractivity contribution in [3.8, 4) is 5.75 Å². The average molecular weight is 372 g/mol. The zero-order chi connectivity index (χ0) is 19.8. The van der Waals surface area contributed by atoms with Crippen LogP contribution in [-0.4, -0.2) is 36.6 Å². The van der Waals surface area contributed by atoms with E-state index >= 15 is 0 Å². The lowest BCUT2D eigenvalue weighted by molar-refractivity contribution is -0.384. The molecule has 0 saturated carbocycles. The molecule has 142 valence electrons. The van der Waals surface area contributed by atoms with Crippen LogP contribution in [0.15, 0.2) is 48.5 Å². The third-order valence-corrected chi connectivity index (χ3v) is 3.82. The third kappa shape index (κ3) is 5.53. The maximum absolute atomic E-state index is 12.3. The van der Waals surface area contributed by atoms with Gasteiger partial charge in [0.1, 0.15) is 11.3 Å². The van der Waals surface area contributed by atoms with Crippen molar-refractivity contribution < 1.29 is 24.0 Å². The summed E-state index contributed by atoms with van der Waals surface area (Å²) in [5, 5.41) is 13.6. The number of carbonyl (C=O) groups excluding carboxylic acids is 2. The number of nitro groups is 1. The standard InChI is InChI=1S/C19H20N2O6/c1-13(18(22)20-11-10-14-6-4-3-5-7-14)27-19(23)16-12-15(21(24)25)8-9-17(16)26-2/h3-9,12-13H,10-11H2,1-2H3,(H,20,22)/t13-/m0/s1. The van der Waals surface area contributed by atoms with Crippen LogP contribution in [0.5, 0.6) is 5.75 Å². The number of non-ortho nitro benzene ring substituents is 1. The van der Waals surface area contributed by atoms with Crippen LogP contribution in [0.2, 0.25) is 0 Å². The highest BCUT2D eigenvalue weighted by atomic mass is 16.6. The molecule has 0 spiro atoms. The van der Waals surface area contributed by atoms with Gasteiger partial charge in [-0.1, -0.05) is 30.3 Å². The number of esters is 1. The Labute approximate surface area is 156 Å². The number of amides is 1. The van der Waals surface area contributed by atoms with E-state index in [1.165, 1.54) is 26.2 Å². The fraction of sp³-hybridized carbons (Fsp3) is 0.263. The molecule has 0 aromatic heterocycles. The van der Waals surface area contributed by atoms with Crippen molar-refractivity contribution in [1.29, 1.82) is 0 Å². The highest BCUT2D eigenvalue weighted by molar-refractivity contribution is 5.95. The van der Waals surface area contributed by atoms with E-state index in [1.807, 2.05) is 30.3 Å². The molecule has 0 aliphatic carbocycles. The number of ether oxygens (including phenoxy) is 2. The Morgan fingerprint density at radius 2 is 1.89 bits per heavy atom. The van der Waals surface area contributed by atoms with Gasteiger partial charge in [0.2, 0.25) is 0 Å². The van der Waals surface area contributed by atoms with Crippen LogP contribution in [0.25, 0.3) is 0 Å². The topological polar surface area (TPSA) is 108 Å². The summed E-state index contributed by atoms with van der Waals surface area (Å²) in [6.07, 6.45) is -0.413. The Hall–Kier alpha value is -3.42. The minimum Gasteiger partial charge on any atom is -0.496 e. The Kier molecular flexibility index (Phi) is 6.87. The minimum absolute atomic E-state index is 0.115. The van der Waals surface area contributed by atoms with Gasteiger partial charge in [0.25, 0.3) is 11.6 Å². The molecule has 0 aliphatic heterocycles. The summed E-state index contributed by atoms with van der Waals surface area (Å²) >= 11 is 0. The van der Waals surface area contributed by atoms with E-state index in [0.29, 0.717) is 13.0 Å². The lowest BCUT2D eigenvalue weighted by atomic mass is 10.1. The third-order valence-electron chi connectivity index (χ3n) is 3.82. The number of hydrogen-bond donors (Lipinski definition) is 1. The van der Waals surface area contributed by atoms with Crippen LogP contribution in [0.4, 0.5) is 5.69 Å². The molecule has 2 rings (SSSR count). The number of nitrogens with one attached hydrogen (secondary N) is 1. The molecule has 2 aromatic carbocycles. The van der Waals surface area contributed by atoms with Gasteiger partial charge in [0.05, 0.1) is 12.0 Å². The Balaban J connectivity index is 1.95. The van der Waals surface area contributed by atoms with E-state index in [0.717, 1.165) is 11.6 Å². The summed E-state index contributed by atoms with van der Waals surface area (Å²) in [7, 11) is 1.33. The van der Waals surface area contributed by atoms with Crippen molar-refractivity contribution in [3.05, 3.63) is 69.8 Å². The molecule has 0 bridgehead atoms. The van der Waals surface area contributed by atoms with Gasteiger partial charge < -0.3 is 14.8 Å². The number of nitro benzene ring substituents is 1. The van der Waals surface area contributed by atoms with E-state index in [2.05, 4.69) is 5.32 Å². The number of rotatable bonds is 8. The molecule has 27 heavy (non-hydrogen) atoms. The van der Waals surface area contributed by atoms with Gasteiger partial charge >= 0.3 is 5.97 Å². The fourth-order valence-electron chi connectivity index (χ4n) is 2.37. The molecule has 0 radical (unpaired) electrons. The first-order valence-corrected chi connectivity index (χ1v) is 8.27. The maximum atomic E-state index is 12.3. The minimum atomic E-state index is -1.06. The van der Waals surface area contributed by atoms with Crippen molar-refractivity contribution >= 4 is 17.6 Å². The van der Waals surface area contributed by atoms with Gasteiger partial charge in [-0.3, -0.25) is 14.9 Å². The molecule has 8 heteroatoms. The van der Waals surface area contributed by atoms with Crippen LogP contribution in [0, 0.1) is 10.1 Å². The highest BCUT2D eigenvalue weighted by Crippen LogP contribution is 2.25. The molecule has 8 nitrogen and oxygen atoms in total. The first kappa shape index (κ1) is 19.9. The van der Waals surface area contributed by atoms with Gasteiger partial charge in [0, 0.05) is 18.7 Å². The smallest absolute Gasteiger partial charge is 0.342 e. The van der Waals surface area contributed by atoms with Gasteiger partial charge in [-0.15, -0.1) is 0 Å². The Morgan fingerprint density at radius 1 is 1.19 bits per heavy atom. The fourth-order valence-corrected chi connectivity index (χ4v) is 2.37. The maximum Gasteiger partial charge on any atom is 0.342 e. The summed E-state index contributed by atoms with van der Waals surface area (Å²) < 4.78 is 10.2. The second kappa shape index (κ2) is 9.33. The predicted molar refractivity (Wildman–Crippen MR) is 97.7 cm³/mol. The second-order valence-corrected chi connectivity index (χ2v) is 5.72. The molecular weight excluding hydrogens is 352 g/mol. The van der Waals surface area contributed by atoms with Crippen LogP contribution in [0.3, 0.4) is 0 Å².